The van der Waals surface area contributed by atoms with E-state index in [-0.39, 0.29) is 6.61 Å². The second-order valence-electron chi connectivity index (χ2n) is 3.83. The second-order valence-corrected chi connectivity index (χ2v) is 3.83. The van der Waals surface area contributed by atoms with Crippen LogP contribution in [0.25, 0.3) is 0 Å². The first-order chi connectivity index (χ1) is 8.97. The van der Waals surface area contributed by atoms with E-state index in [9.17, 15) is 17.6 Å². The summed E-state index contributed by atoms with van der Waals surface area (Å²) in [6.07, 6.45) is -4.68. The fourth-order valence-electron chi connectivity index (χ4n) is 1.51. The summed E-state index contributed by atoms with van der Waals surface area (Å²) in [5.74, 6) is -0.853. The Bertz CT molecular complexity index is 549. The highest BCUT2D eigenvalue weighted by Gasteiger charge is 2.33. The van der Waals surface area contributed by atoms with Gasteiger partial charge < -0.3 is 4.74 Å². The lowest BCUT2D eigenvalue weighted by Gasteiger charge is -2.10. The van der Waals surface area contributed by atoms with E-state index in [2.05, 4.69) is 6.07 Å². The van der Waals surface area contributed by atoms with E-state index in [4.69, 9.17) is 4.74 Å². The lowest BCUT2D eigenvalue weighted by atomic mass is 10.1. The van der Waals surface area contributed by atoms with Crippen LogP contribution in [0.4, 0.5) is 17.6 Å². The summed E-state index contributed by atoms with van der Waals surface area (Å²) in [5, 5.41) is 0. The van der Waals surface area contributed by atoms with Gasteiger partial charge in [-0.3, -0.25) is 0 Å². The molecule has 0 atom stereocenters. The average Bonchev–Trinajstić information content (AvgIpc) is 2.36. The van der Waals surface area contributed by atoms with Crippen LogP contribution in [-0.4, -0.2) is 0 Å². The molecule has 0 saturated carbocycles. The van der Waals surface area contributed by atoms with Gasteiger partial charge in [0.25, 0.3) is 0 Å². The SMILES string of the molecule is Fc1cc(COc2[c]cccc2)ccc1C(F)(F)F. The second kappa shape index (κ2) is 5.30. The zero-order valence-corrected chi connectivity index (χ0v) is 9.67. The molecule has 19 heavy (non-hydrogen) atoms. The van der Waals surface area contributed by atoms with E-state index in [1.54, 1.807) is 24.3 Å². The van der Waals surface area contributed by atoms with Crippen LogP contribution in [0.5, 0.6) is 5.75 Å². The molecule has 0 aliphatic rings. The van der Waals surface area contributed by atoms with Crippen LogP contribution >= 0.6 is 0 Å². The Morgan fingerprint density at radius 2 is 1.89 bits per heavy atom. The molecule has 0 aromatic heterocycles. The molecule has 99 valence electrons. The van der Waals surface area contributed by atoms with Crippen molar-refractivity contribution in [3.8, 4) is 5.75 Å². The van der Waals surface area contributed by atoms with Crippen molar-refractivity contribution in [2.24, 2.45) is 0 Å². The number of rotatable bonds is 3. The predicted octanol–water partition coefficient (Wildman–Crippen LogP) is 4.22. The zero-order chi connectivity index (χ0) is 13.9. The monoisotopic (exact) mass is 269 g/mol. The van der Waals surface area contributed by atoms with Crippen molar-refractivity contribution in [3.05, 3.63) is 65.5 Å². The van der Waals surface area contributed by atoms with Crippen LogP contribution in [0.3, 0.4) is 0 Å². The minimum absolute atomic E-state index is 0.0183. The molecule has 0 bridgehead atoms. The minimum atomic E-state index is -4.68. The van der Waals surface area contributed by atoms with Gasteiger partial charge >= 0.3 is 6.18 Å². The molecule has 5 heteroatoms. The van der Waals surface area contributed by atoms with Gasteiger partial charge in [0.15, 0.2) is 0 Å². The van der Waals surface area contributed by atoms with Crippen molar-refractivity contribution < 1.29 is 22.3 Å². The largest absolute Gasteiger partial charge is 0.488 e. The summed E-state index contributed by atoms with van der Waals surface area (Å²) in [6.45, 7) is -0.0183. The third-order valence-corrected chi connectivity index (χ3v) is 2.41. The lowest BCUT2D eigenvalue weighted by Crippen LogP contribution is -2.08. The highest BCUT2D eigenvalue weighted by atomic mass is 19.4. The molecular weight excluding hydrogens is 260 g/mol. The first-order valence-corrected chi connectivity index (χ1v) is 5.42. The first kappa shape index (κ1) is 13.4. The number of hydrogen-bond donors (Lipinski definition) is 0. The van der Waals surface area contributed by atoms with Crippen molar-refractivity contribution in [1.29, 1.82) is 0 Å². The van der Waals surface area contributed by atoms with Gasteiger partial charge in [0.1, 0.15) is 18.2 Å². The molecule has 0 spiro atoms. The molecule has 1 radical (unpaired) electrons. The maximum atomic E-state index is 13.3. The molecule has 0 unspecified atom stereocenters. The normalized spacial score (nSPS) is 11.4. The van der Waals surface area contributed by atoms with Gasteiger partial charge in [0.05, 0.1) is 5.56 Å². The van der Waals surface area contributed by atoms with Gasteiger partial charge in [-0.2, -0.15) is 13.2 Å². The smallest absolute Gasteiger partial charge is 0.419 e. The van der Waals surface area contributed by atoms with E-state index >= 15 is 0 Å². The van der Waals surface area contributed by atoms with E-state index in [0.29, 0.717) is 17.4 Å². The standard InChI is InChI=1S/C14H9F4O/c15-13-8-10(6-7-12(13)14(16,17)18)9-19-11-4-2-1-3-5-11/h1-4,6-8H,9H2. The molecule has 2 rings (SSSR count). The maximum absolute atomic E-state index is 13.3. The number of hydrogen-bond acceptors (Lipinski definition) is 1. The number of para-hydroxylation sites is 1. The molecule has 0 aliphatic carbocycles. The molecule has 0 aliphatic heterocycles. The van der Waals surface area contributed by atoms with Crippen LogP contribution in [-0.2, 0) is 12.8 Å². The molecular formula is C14H9F4O. The molecule has 0 amide bonds. The number of benzene rings is 2. The van der Waals surface area contributed by atoms with Gasteiger partial charge in [-0.15, -0.1) is 0 Å². The van der Waals surface area contributed by atoms with Crippen molar-refractivity contribution in [2.45, 2.75) is 12.8 Å². The van der Waals surface area contributed by atoms with Gasteiger partial charge in [-0.1, -0.05) is 24.3 Å². The molecule has 2 aromatic carbocycles. The predicted molar refractivity (Wildman–Crippen MR) is 61.0 cm³/mol. The molecule has 0 heterocycles. The number of halogens is 4. The van der Waals surface area contributed by atoms with Gasteiger partial charge in [-0.05, 0) is 23.8 Å². The highest BCUT2D eigenvalue weighted by Crippen LogP contribution is 2.31. The van der Waals surface area contributed by atoms with Crippen molar-refractivity contribution in [3.63, 3.8) is 0 Å². The molecule has 2 aromatic rings. The Morgan fingerprint density at radius 1 is 1.11 bits per heavy atom. The number of ether oxygens (including phenoxy) is 1. The Balaban J connectivity index is 2.09. The van der Waals surface area contributed by atoms with Crippen LogP contribution in [0.2, 0.25) is 0 Å². The topological polar surface area (TPSA) is 9.23 Å². The highest BCUT2D eigenvalue weighted by molar-refractivity contribution is 5.27. The molecule has 0 saturated heterocycles. The van der Waals surface area contributed by atoms with Gasteiger partial charge in [0, 0.05) is 6.07 Å². The van der Waals surface area contributed by atoms with Crippen LogP contribution in [0, 0.1) is 11.9 Å². The Kier molecular flexibility index (Phi) is 3.74. The fraction of sp³-hybridized carbons (Fsp3) is 0.143. The molecule has 0 fully saturated rings. The van der Waals surface area contributed by atoms with E-state index < -0.39 is 17.6 Å². The summed E-state index contributed by atoms with van der Waals surface area (Å²) >= 11 is 0. The fourth-order valence-corrected chi connectivity index (χ4v) is 1.51. The zero-order valence-electron chi connectivity index (χ0n) is 9.67. The Labute approximate surface area is 107 Å². The Morgan fingerprint density at radius 3 is 2.47 bits per heavy atom. The van der Waals surface area contributed by atoms with Crippen molar-refractivity contribution in [1.82, 2.24) is 0 Å². The minimum Gasteiger partial charge on any atom is -0.488 e. The Hall–Kier alpha value is -2.04. The summed E-state index contributed by atoms with van der Waals surface area (Å²) in [7, 11) is 0. The van der Waals surface area contributed by atoms with Crippen molar-refractivity contribution >= 4 is 0 Å². The summed E-state index contributed by atoms with van der Waals surface area (Å²) < 4.78 is 55.6. The summed E-state index contributed by atoms with van der Waals surface area (Å²) in [4.78, 5) is 0. The maximum Gasteiger partial charge on any atom is 0.419 e. The van der Waals surface area contributed by atoms with Gasteiger partial charge in [0.2, 0.25) is 0 Å². The van der Waals surface area contributed by atoms with Crippen LogP contribution in [0.15, 0.2) is 42.5 Å². The van der Waals surface area contributed by atoms with Crippen LogP contribution < -0.4 is 4.74 Å². The lowest BCUT2D eigenvalue weighted by molar-refractivity contribution is -0.140. The quantitative estimate of drug-likeness (QED) is 0.758. The molecule has 1 nitrogen and oxygen atoms in total. The van der Waals surface area contributed by atoms with E-state index in [0.717, 1.165) is 6.07 Å². The van der Waals surface area contributed by atoms with E-state index in [1.165, 1.54) is 6.07 Å². The molecule has 0 N–H and O–H groups in total. The van der Waals surface area contributed by atoms with Gasteiger partial charge in [-0.25, -0.2) is 4.39 Å². The van der Waals surface area contributed by atoms with Crippen molar-refractivity contribution in [2.75, 3.05) is 0 Å². The first-order valence-electron chi connectivity index (χ1n) is 5.42. The number of alkyl halides is 3. The summed E-state index contributed by atoms with van der Waals surface area (Å²) in [5.41, 5.74) is -0.953. The van der Waals surface area contributed by atoms with Crippen LogP contribution in [0.1, 0.15) is 11.1 Å². The average molecular weight is 269 g/mol. The van der Waals surface area contributed by atoms with E-state index in [1.807, 2.05) is 0 Å². The third kappa shape index (κ3) is 3.47. The summed E-state index contributed by atoms with van der Waals surface area (Å²) in [6, 6.07) is 12.3. The third-order valence-electron chi connectivity index (χ3n) is 2.41.